The number of terminal acetylenes is 1. The standard InChI is InChI=1S/C6H6.C2H4.C2H2/c1-2-4-6-5-3-1;2*1-2/h1-6H;1-2H2;1-2H. The summed E-state index contributed by atoms with van der Waals surface area (Å²) in [5.41, 5.74) is 0. The van der Waals surface area contributed by atoms with Crippen molar-refractivity contribution in [2.45, 2.75) is 0 Å². The number of hydrogen-bond donors (Lipinski definition) is 0. The van der Waals surface area contributed by atoms with Crippen molar-refractivity contribution in [1.82, 2.24) is 0 Å². The van der Waals surface area contributed by atoms with E-state index in [1.165, 1.54) is 0 Å². The molecule has 52 valence electrons. The van der Waals surface area contributed by atoms with Gasteiger partial charge in [-0.25, -0.2) is 0 Å². The van der Waals surface area contributed by atoms with E-state index in [4.69, 9.17) is 0 Å². The van der Waals surface area contributed by atoms with Gasteiger partial charge in [-0.3, -0.25) is 0 Å². The second kappa shape index (κ2) is 15.6. The average Bonchev–Trinajstić information content (AvgIpc) is 2.14. The summed E-state index contributed by atoms with van der Waals surface area (Å²) in [5, 5.41) is 0. The molecule has 1 rings (SSSR count). The van der Waals surface area contributed by atoms with E-state index in [2.05, 4.69) is 26.0 Å². The molecule has 0 spiro atoms. The molecule has 0 unspecified atom stereocenters. The maximum atomic E-state index is 4.00. The van der Waals surface area contributed by atoms with Gasteiger partial charge in [0.1, 0.15) is 0 Å². The molecular formula is C10H12. The van der Waals surface area contributed by atoms with Crippen LogP contribution in [0.3, 0.4) is 0 Å². The molecule has 0 atom stereocenters. The Morgan fingerprint density at radius 2 is 0.700 bits per heavy atom. The lowest BCUT2D eigenvalue weighted by Crippen LogP contribution is -1.47. The molecule has 10 heavy (non-hydrogen) atoms. The van der Waals surface area contributed by atoms with Gasteiger partial charge in [-0.1, -0.05) is 36.4 Å². The molecule has 0 aromatic heterocycles. The molecule has 0 saturated carbocycles. The molecule has 0 N–H and O–H groups in total. The van der Waals surface area contributed by atoms with Crippen LogP contribution in [-0.4, -0.2) is 0 Å². The van der Waals surface area contributed by atoms with E-state index >= 15 is 0 Å². The van der Waals surface area contributed by atoms with Gasteiger partial charge in [-0.05, 0) is 0 Å². The molecule has 0 nitrogen and oxygen atoms in total. The van der Waals surface area contributed by atoms with Crippen LogP contribution >= 0.6 is 0 Å². The average molecular weight is 132 g/mol. The van der Waals surface area contributed by atoms with Gasteiger partial charge in [0.2, 0.25) is 0 Å². The molecule has 0 heteroatoms. The van der Waals surface area contributed by atoms with Crippen molar-refractivity contribution in [2.75, 3.05) is 0 Å². The molecule has 0 bridgehead atoms. The quantitative estimate of drug-likeness (QED) is 0.376. The Bertz CT molecular complexity index is 112. The highest BCUT2D eigenvalue weighted by Gasteiger charge is 1.57. The van der Waals surface area contributed by atoms with Crippen molar-refractivity contribution < 1.29 is 0 Å². The summed E-state index contributed by atoms with van der Waals surface area (Å²) in [5.74, 6) is 0. The topological polar surface area (TPSA) is 0 Å². The van der Waals surface area contributed by atoms with E-state index < -0.39 is 0 Å². The second-order valence-corrected chi connectivity index (χ2v) is 1.15. The molecule has 0 saturated heterocycles. The highest BCUT2D eigenvalue weighted by atomic mass is 13.6. The van der Waals surface area contributed by atoms with E-state index in [0.717, 1.165) is 0 Å². The van der Waals surface area contributed by atoms with Gasteiger partial charge >= 0.3 is 0 Å². The molecule has 0 radical (unpaired) electrons. The highest BCUT2D eigenvalue weighted by molar-refractivity contribution is 4.99. The lowest BCUT2D eigenvalue weighted by Gasteiger charge is -1.69. The molecule has 0 amide bonds. The summed E-state index contributed by atoms with van der Waals surface area (Å²) < 4.78 is 0. The largest absolute Gasteiger partial charge is 0.124 e. The van der Waals surface area contributed by atoms with Crippen LogP contribution < -0.4 is 0 Å². The van der Waals surface area contributed by atoms with E-state index in [0.29, 0.717) is 0 Å². The molecule has 0 fully saturated rings. The van der Waals surface area contributed by atoms with Crippen molar-refractivity contribution >= 4 is 0 Å². The van der Waals surface area contributed by atoms with Crippen molar-refractivity contribution in [3.8, 4) is 12.8 Å². The SMILES string of the molecule is C#C.C=C.c1ccccc1. The molecule has 0 aliphatic carbocycles. The second-order valence-electron chi connectivity index (χ2n) is 1.15. The first-order chi connectivity index (χ1) is 5.00. The summed E-state index contributed by atoms with van der Waals surface area (Å²) >= 11 is 0. The monoisotopic (exact) mass is 132 g/mol. The first kappa shape index (κ1) is 11.3. The lowest BCUT2D eigenvalue weighted by molar-refractivity contribution is 1.72. The molecule has 0 aliphatic rings. The Hall–Kier alpha value is -1.48. The van der Waals surface area contributed by atoms with Gasteiger partial charge < -0.3 is 0 Å². The number of benzene rings is 1. The van der Waals surface area contributed by atoms with Crippen LogP contribution in [0.4, 0.5) is 0 Å². The predicted molar refractivity (Wildman–Crippen MR) is 47.6 cm³/mol. The Labute approximate surface area is 63.2 Å². The van der Waals surface area contributed by atoms with Gasteiger partial charge in [0, 0.05) is 0 Å². The van der Waals surface area contributed by atoms with Crippen LogP contribution in [0.2, 0.25) is 0 Å². The maximum absolute atomic E-state index is 4.00. The Kier molecular flexibility index (Phi) is 17.7. The minimum atomic E-state index is 2.00. The van der Waals surface area contributed by atoms with Crippen LogP contribution in [-0.2, 0) is 0 Å². The van der Waals surface area contributed by atoms with Crippen molar-refractivity contribution in [1.29, 1.82) is 0 Å². The summed E-state index contributed by atoms with van der Waals surface area (Å²) in [6.45, 7) is 6.00. The smallest absolute Gasteiger partial charge is 0.0623 e. The minimum Gasteiger partial charge on any atom is -0.124 e. The van der Waals surface area contributed by atoms with E-state index in [1.807, 2.05) is 36.4 Å². The summed E-state index contributed by atoms with van der Waals surface area (Å²) in [6.07, 6.45) is 8.00. The van der Waals surface area contributed by atoms with Crippen LogP contribution in [0.15, 0.2) is 49.6 Å². The van der Waals surface area contributed by atoms with Gasteiger partial charge in [-0.15, -0.1) is 26.0 Å². The molecular weight excluding hydrogens is 120 g/mol. The molecule has 0 heterocycles. The first-order valence-electron chi connectivity index (χ1n) is 2.83. The molecule has 1 aromatic rings. The van der Waals surface area contributed by atoms with E-state index in [9.17, 15) is 0 Å². The number of rotatable bonds is 0. The number of hydrogen-bond acceptors (Lipinski definition) is 0. The Morgan fingerprint density at radius 3 is 0.800 bits per heavy atom. The van der Waals surface area contributed by atoms with Crippen LogP contribution in [0, 0.1) is 12.8 Å². The summed E-state index contributed by atoms with van der Waals surface area (Å²) in [7, 11) is 0. The first-order valence-corrected chi connectivity index (χ1v) is 2.83. The normalized spacial score (nSPS) is 5.40. The third kappa shape index (κ3) is 9.72. The predicted octanol–water partition coefficient (Wildman–Crippen LogP) is 2.74. The summed E-state index contributed by atoms with van der Waals surface area (Å²) in [6, 6.07) is 12.0. The fourth-order valence-corrected chi connectivity index (χ4v) is 0.385. The highest BCUT2D eigenvalue weighted by Crippen LogP contribution is 1.79. The maximum Gasteiger partial charge on any atom is -0.0623 e. The van der Waals surface area contributed by atoms with Crippen molar-refractivity contribution in [2.24, 2.45) is 0 Å². The molecule has 1 aromatic carbocycles. The zero-order valence-corrected chi connectivity index (χ0v) is 6.03. The third-order valence-electron chi connectivity index (χ3n) is 0.667. The fourth-order valence-electron chi connectivity index (χ4n) is 0.385. The Balaban J connectivity index is 0. The van der Waals surface area contributed by atoms with Gasteiger partial charge in [0.05, 0.1) is 0 Å². The van der Waals surface area contributed by atoms with Gasteiger partial charge in [-0.2, -0.15) is 0 Å². The lowest BCUT2D eigenvalue weighted by atomic mass is 10.4. The van der Waals surface area contributed by atoms with E-state index in [-0.39, 0.29) is 0 Å². The summed E-state index contributed by atoms with van der Waals surface area (Å²) in [4.78, 5) is 0. The fraction of sp³-hybridized carbons (Fsp3) is 0. The zero-order chi connectivity index (χ0) is 8.24. The minimum absolute atomic E-state index is 2.00. The van der Waals surface area contributed by atoms with Crippen LogP contribution in [0.25, 0.3) is 0 Å². The third-order valence-corrected chi connectivity index (χ3v) is 0.667. The van der Waals surface area contributed by atoms with Crippen LogP contribution in [0.5, 0.6) is 0 Å². The van der Waals surface area contributed by atoms with Crippen molar-refractivity contribution in [3.63, 3.8) is 0 Å². The zero-order valence-electron chi connectivity index (χ0n) is 6.03. The van der Waals surface area contributed by atoms with Gasteiger partial charge in [0.25, 0.3) is 0 Å². The van der Waals surface area contributed by atoms with E-state index in [1.54, 1.807) is 0 Å². The van der Waals surface area contributed by atoms with Crippen molar-refractivity contribution in [3.05, 3.63) is 49.6 Å². The Morgan fingerprint density at radius 1 is 0.600 bits per heavy atom. The van der Waals surface area contributed by atoms with Gasteiger partial charge in [0.15, 0.2) is 0 Å². The van der Waals surface area contributed by atoms with Crippen LogP contribution in [0.1, 0.15) is 0 Å². The molecule has 0 aliphatic heterocycles.